The Bertz CT molecular complexity index is 1050. The Hall–Kier alpha value is -2.91. The maximum atomic E-state index is 12.5. The monoisotopic (exact) mass is 446 g/mol. The second kappa shape index (κ2) is 9.49. The number of halogens is 1. The molecule has 0 saturated heterocycles. The first kappa shape index (κ1) is 22.8. The molecule has 7 N–H and O–H groups in total. The number of nitrogens with two attached hydrogens (primary N) is 2. The van der Waals surface area contributed by atoms with E-state index in [1.807, 2.05) is 0 Å². The molecule has 166 valence electrons. The molecule has 3 rings (SSSR count). The molecule has 0 unspecified atom stereocenters. The number of primary amides is 1. The van der Waals surface area contributed by atoms with Crippen molar-refractivity contribution in [1.82, 2.24) is 9.97 Å². The number of amides is 1. The van der Waals surface area contributed by atoms with Crippen molar-refractivity contribution in [1.29, 1.82) is 0 Å². The molecule has 1 fully saturated rings. The highest BCUT2D eigenvalue weighted by Crippen LogP contribution is 2.27. The Morgan fingerprint density at radius 1 is 1.26 bits per heavy atom. The van der Waals surface area contributed by atoms with Crippen LogP contribution in [0.25, 0.3) is 0 Å². The maximum absolute atomic E-state index is 12.5. The van der Waals surface area contributed by atoms with Crippen molar-refractivity contribution < 1.29 is 9.59 Å². The molecule has 0 radical (unpaired) electrons. The van der Waals surface area contributed by atoms with E-state index in [0.717, 1.165) is 25.7 Å². The van der Waals surface area contributed by atoms with Gasteiger partial charge in [-0.15, -0.1) is 0 Å². The van der Waals surface area contributed by atoms with Crippen LogP contribution >= 0.6 is 11.6 Å². The van der Waals surface area contributed by atoms with Gasteiger partial charge in [0.05, 0.1) is 5.02 Å². The Labute approximate surface area is 185 Å². The van der Waals surface area contributed by atoms with Gasteiger partial charge in [0.2, 0.25) is 5.95 Å². The lowest BCUT2D eigenvalue weighted by molar-refractivity contribution is 0.0983. The van der Waals surface area contributed by atoms with Crippen LogP contribution in [0.5, 0.6) is 0 Å². The topological polar surface area (TPSA) is 156 Å². The maximum Gasteiger partial charge on any atom is 0.267 e. The summed E-state index contributed by atoms with van der Waals surface area (Å²) in [5.74, 6) is -0.910. The van der Waals surface area contributed by atoms with E-state index in [1.54, 1.807) is 25.1 Å². The quantitative estimate of drug-likeness (QED) is 0.390. The molecule has 1 heterocycles. The van der Waals surface area contributed by atoms with Gasteiger partial charge in [0, 0.05) is 29.8 Å². The van der Waals surface area contributed by atoms with Crippen LogP contribution in [0.2, 0.25) is 5.02 Å². The summed E-state index contributed by atoms with van der Waals surface area (Å²) in [6.07, 6.45) is 5.34. The first-order chi connectivity index (χ1) is 14.7. The van der Waals surface area contributed by atoms with Gasteiger partial charge in [0.1, 0.15) is 5.56 Å². The number of nitrogens with one attached hydrogen (secondary N) is 3. The fourth-order valence-electron chi connectivity index (χ4n) is 3.71. The third-order valence-corrected chi connectivity index (χ3v) is 5.80. The minimum Gasteiger partial charge on any atom is -0.365 e. The van der Waals surface area contributed by atoms with Gasteiger partial charge in [-0.1, -0.05) is 37.8 Å². The number of H-pyrrole nitrogens is 1. The van der Waals surface area contributed by atoms with Crippen LogP contribution in [0.4, 0.5) is 17.5 Å². The number of aromatic amines is 1. The Morgan fingerprint density at radius 2 is 1.97 bits per heavy atom. The highest BCUT2D eigenvalue weighted by molar-refractivity contribution is 6.34. The fraction of sp³-hybridized carbons (Fsp3) is 0.429. The average molecular weight is 447 g/mol. The number of nitrogens with zero attached hydrogens (tertiary/aromatic N) is 1. The van der Waals surface area contributed by atoms with E-state index in [0.29, 0.717) is 22.8 Å². The zero-order valence-electron chi connectivity index (χ0n) is 17.4. The lowest BCUT2D eigenvalue weighted by Crippen LogP contribution is -2.48. The van der Waals surface area contributed by atoms with Gasteiger partial charge < -0.3 is 22.1 Å². The van der Waals surface area contributed by atoms with Crippen molar-refractivity contribution in [2.75, 3.05) is 17.2 Å². The minimum absolute atomic E-state index is 0.0225. The number of carbonyl (C=O) groups excluding carboxylic acids is 2. The SMILES string of the molecule is CCC(=O)c1cc(Nc2nc(NCC3(N)CCCCC3)[nH]c(=O)c2C(N)=O)ccc1Cl. The van der Waals surface area contributed by atoms with Gasteiger partial charge in [-0.3, -0.25) is 19.4 Å². The summed E-state index contributed by atoms with van der Waals surface area (Å²) >= 11 is 6.12. The van der Waals surface area contributed by atoms with Crippen LogP contribution in [0.1, 0.15) is 66.2 Å². The number of ketones is 1. The summed E-state index contributed by atoms with van der Waals surface area (Å²) in [5.41, 5.74) is 11.2. The van der Waals surface area contributed by atoms with E-state index in [4.69, 9.17) is 23.1 Å². The Morgan fingerprint density at radius 3 is 2.61 bits per heavy atom. The van der Waals surface area contributed by atoms with Gasteiger partial charge in [-0.25, -0.2) is 0 Å². The molecule has 1 amide bonds. The fourth-order valence-corrected chi connectivity index (χ4v) is 3.94. The molecule has 1 aliphatic rings. The summed E-state index contributed by atoms with van der Waals surface area (Å²) in [7, 11) is 0. The molecule has 0 spiro atoms. The largest absolute Gasteiger partial charge is 0.365 e. The number of anilines is 3. The molecule has 0 aliphatic heterocycles. The van der Waals surface area contributed by atoms with Crippen LogP contribution in [0.3, 0.4) is 0 Å². The standard InChI is InChI=1S/C21H27ClN6O3/c1-2-15(29)13-10-12(6-7-14(13)22)26-18-16(17(23)30)19(31)28-20(27-18)25-11-21(24)8-4-3-5-9-21/h6-7,10H,2-5,8-9,11,24H2,1H3,(H2,23,30)(H3,25,26,27,28,31). The highest BCUT2D eigenvalue weighted by atomic mass is 35.5. The zero-order valence-corrected chi connectivity index (χ0v) is 18.1. The first-order valence-electron chi connectivity index (χ1n) is 10.3. The normalized spacial score (nSPS) is 15.3. The molecular formula is C21H27ClN6O3. The molecule has 1 aliphatic carbocycles. The summed E-state index contributed by atoms with van der Waals surface area (Å²) in [6.45, 7) is 2.16. The van der Waals surface area contributed by atoms with Crippen molar-refractivity contribution in [3.8, 4) is 0 Å². The summed E-state index contributed by atoms with van der Waals surface area (Å²) in [5, 5.41) is 6.31. The number of Topliss-reactive ketones (excluding diaryl/α,β-unsaturated/α-hetero) is 1. The molecule has 0 atom stereocenters. The number of rotatable bonds is 8. The lowest BCUT2D eigenvalue weighted by Gasteiger charge is -2.33. The van der Waals surface area contributed by atoms with Crippen LogP contribution in [-0.4, -0.2) is 33.7 Å². The van der Waals surface area contributed by atoms with Gasteiger partial charge >= 0.3 is 0 Å². The van der Waals surface area contributed by atoms with Crippen molar-refractivity contribution >= 4 is 40.7 Å². The van der Waals surface area contributed by atoms with E-state index in [2.05, 4.69) is 20.6 Å². The minimum atomic E-state index is -0.927. The second-order valence-electron chi connectivity index (χ2n) is 7.88. The molecule has 31 heavy (non-hydrogen) atoms. The zero-order chi connectivity index (χ0) is 22.6. The first-order valence-corrected chi connectivity index (χ1v) is 10.7. The molecule has 10 heteroatoms. The molecule has 1 aromatic heterocycles. The average Bonchev–Trinajstić information content (AvgIpc) is 2.73. The van der Waals surface area contributed by atoms with Crippen LogP contribution in [-0.2, 0) is 0 Å². The predicted molar refractivity (Wildman–Crippen MR) is 121 cm³/mol. The number of carbonyl (C=O) groups is 2. The molecule has 0 bridgehead atoms. The molecule has 1 saturated carbocycles. The van der Waals surface area contributed by atoms with Gasteiger partial charge in [-0.2, -0.15) is 4.98 Å². The van der Waals surface area contributed by atoms with Crippen LogP contribution < -0.4 is 27.7 Å². The Balaban J connectivity index is 1.90. The third-order valence-electron chi connectivity index (χ3n) is 5.47. The van der Waals surface area contributed by atoms with E-state index in [-0.39, 0.29) is 35.1 Å². The third kappa shape index (κ3) is 5.42. The second-order valence-corrected chi connectivity index (χ2v) is 8.28. The van der Waals surface area contributed by atoms with Crippen molar-refractivity contribution in [2.45, 2.75) is 51.0 Å². The smallest absolute Gasteiger partial charge is 0.267 e. The van der Waals surface area contributed by atoms with Gasteiger partial charge in [0.15, 0.2) is 11.6 Å². The van der Waals surface area contributed by atoms with Crippen molar-refractivity contribution in [2.24, 2.45) is 11.5 Å². The summed E-state index contributed by atoms with van der Waals surface area (Å²) in [4.78, 5) is 43.4. The van der Waals surface area contributed by atoms with Crippen LogP contribution in [0.15, 0.2) is 23.0 Å². The summed E-state index contributed by atoms with van der Waals surface area (Å²) < 4.78 is 0. The number of hydrogen-bond donors (Lipinski definition) is 5. The predicted octanol–water partition coefficient (Wildman–Crippen LogP) is 2.93. The molecule has 9 nitrogen and oxygen atoms in total. The van der Waals surface area contributed by atoms with Crippen LogP contribution in [0, 0.1) is 0 Å². The summed E-state index contributed by atoms with van der Waals surface area (Å²) in [6, 6.07) is 4.72. The van der Waals surface area contributed by atoms with Crippen molar-refractivity contribution in [3.63, 3.8) is 0 Å². The van der Waals surface area contributed by atoms with E-state index in [1.165, 1.54) is 6.42 Å². The van der Waals surface area contributed by atoms with Gasteiger partial charge in [0.25, 0.3) is 11.5 Å². The lowest BCUT2D eigenvalue weighted by atomic mass is 9.82. The van der Waals surface area contributed by atoms with Gasteiger partial charge in [-0.05, 0) is 31.0 Å². The van der Waals surface area contributed by atoms with E-state index in [9.17, 15) is 14.4 Å². The number of aromatic nitrogens is 2. The number of hydrogen-bond acceptors (Lipinski definition) is 7. The van der Waals surface area contributed by atoms with E-state index < -0.39 is 11.5 Å². The molecule has 1 aromatic carbocycles. The molecule has 2 aromatic rings. The van der Waals surface area contributed by atoms with E-state index >= 15 is 0 Å². The molecular weight excluding hydrogens is 420 g/mol. The Kier molecular flexibility index (Phi) is 6.97. The number of benzene rings is 1. The van der Waals surface area contributed by atoms with Crippen molar-refractivity contribution in [3.05, 3.63) is 44.7 Å². The highest BCUT2D eigenvalue weighted by Gasteiger charge is 2.27.